The van der Waals surface area contributed by atoms with Crippen molar-refractivity contribution in [3.8, 4) is 0 Å². The standard InChI is InChI=1S/C14H23NO3/c1-4-5-6-7-11-9-12(15-17)8-10(2)13(11)14(16)18-3/h8,11,13,17H,4-7,9H2,1-3H3/b15-12+/t11-,13+/m0/s1. The largest absolute Gasteiger partial charge is 0.469 e. The normalized spacial score (nSPS) is 25.9. The number of unbranched alkanes of at least 4 members (excludes halogenated alkanes) is 2. The van der Waals surface area contributed by atoms with E-state index in [2.05, 4.69) is 12.1 Å². The maximum absolute atomic E-state index is 11.8. The average Bonchev–Trinajstić information content (AvgIpc) is 2.37. The molecule has 0 fully saturated rings. The van der Waals surface area contributed by atoms with Gasteiger partial charge in [-0.2, -0.15) is 0 Å². The summed E-state index contributed by atoms with van der Waals surface area (Å²) in [5.41, 5.74) is 1.59. The van der Waals surface area contributed by atoms with Crippen LogP contribution in [0, 0.1) is 11.8 Å². The highest BCUT2D eigenvalue weighted by Crippen LogP contribution is 2.34. The zero-order valence-corrected chi connectivity index (χ0v) is 11.5. The Labute approximate surface area is 109 Å². The number of methoxy groups -OCH3 is 1. The number of hydrogen-bond acceptors (Lipinski definition) is 4. The summed E-state index contributed by atoms with van der Waals surface area (Å²) in [4.78, 5) is 11.8. The van der Waals surface area contributed by atoms with E-state index in [4.69, 9.17) is 9.94 Å². The van der Waals surface area contributed by atoms with E-state index in [0.29, 0.717) is 12.1 Å². The van der Waals surface area contributed by atoms with Gasteiger partial charge in [-0.3, -0.25) is 4.79 Å². The summed E-state index contributed by atoms with van der Waals surface area (Å²) >= 11 is 0. The van der Waals surface area contributed by atoms with Gasteiger partial charge < -0.3 is 9.94 Å². The predicted molar refractivity (Wildman–Crippen MR) is 70.7 cm³/mol. The lowest BCUT2D eigenvalue weighted by molar-refractivity contribution is -0.145. The van der Waals surface area contributed by atoms with Gasteiger partial charge in [0.15, 0.2) is 0 Å². The maximum atomic E-state index is 11.8. The van der Waals surface area contributed by atoms with Crippen LogP contribution in [-0.2, 0) is 9.53 Å². The Morgan fingerprint density at radius 3 is 2.83 bits per heavy atom. The summed E-state index contributed by atoms with van der Waals surface area (Å²) in [5.74, 6) is -0.167. The van der Waals surface area contributed by atoms with Crippen LogP contribution in [0.15, 0.2) is 16.8 Å². The molecule has 0 spiro atoms. The van der Waals surface area contributed by atoms with Crippen LogP contribution in [0.5, 0.6) is 0 Å². The smallest absolute Gasteiger partial charge is 0.313 e. The lowest BCUT2D eigenvalue weighted by Crippen LogP contribution is -2.31. The fourth-order valence-electron chi connectivity index (χ4n) is 2.67. The Kier molecular flexibility index (Phi) is 5.89. The molecule has 4 nitrogen and oxygen atoms in total. The van der Waals surface area contributed by atoms with E-state index < -0.39 is 0 Å². The quantitative estimate of drug-likeness (QED) is 0.354. The molecule has 102 valence electrons. The Morgan fingerprint density at radius 2 is 2.28 bits per heavy atom. The first-order valence-electron chi connectivity index (χ1n) is 6.61. The number of nitrogens with zero attached hydrogens (tertiary/aromatic N) is 1. The van der Waals surface area contributed by atoms with E-state index in [1.165, 1.54) is 13.5 Å². The second kappa shape index (κ2) is 7.19. The zero-order valence-electron chi connectivity index (χ0n) is 11.5. The topological polar surface area (TPSA) is 58.9 Å². The van der Waals surface area contributed by atoms with E-state index in [1.807, 2.05) is 6.92 Å². The van der Waals surface area contributed by atoms with Crippen LogP contribution in [0.4, 0.5) is 0 Å². The summed E-state index contributed by atoms with van der Waals surface area (Å²) < 4.78 is 4.88. The van der Waals surface area contributed by atoms with Crippen molar-refractivity contribution in [1.29, 1.82) is 0 Å². The van der Waals surface area contributed by atoms with E-state index in [9.17, 15) is 4.79 Å². The van der Waals surface area contributed by atoms with Crippen molar-refractivity contribution in [2.24, 2.45) is 17.0 Å². The number of carbonyl (C=O) groups is 1. The summed E-state index contributed by atoms with van der Waals surface area (Å²) in [6, 6.07) is 0. The third kappa shape index (κ3) is 3.59. The second-order valence-corrected chi connectivity index (χ2v) is 4.94. The van der Waals surface area contributed by atoms with Crippen molar-refractivity contribution >= 4 is 11.7 Å². The SMILES string of the molecule is CCCCC[C@H]1C/C(=N/O)C=C(C)[C@H]1C(=O)OC. The Bertz CT molecular complexity index is 347. The molecule has 0 bridgehead atoms. The third-order valence-electron chi connectivity index (χ3n) is 3.59. The van der Waals surface area contributed by atoms with Crippen molar-refractivity contribution < 1.29 is 14.7 Å². The molecule has 18 heavy (non-hydrogen) atoms. The molecule has 1 rings (SSSR count). The van der Waals surface area contributed by atoms with E-state index in [1.54, 1.807) is 6.08 Å². The minimum atomic E-state index is -0.183. The summed E-state index contributed by atoms with van der Waals surface area (Å²) in [5, 5.41) is 12.2. The molecule has 0 saturated carbocycles. The summed E-state index contributed by atoms with van der Waals surface area (Å²) in [6.07, 6.45) is 6.83. The number of rotatable bonds is 5. The molecule has 1 aliphatic carbocycles. The molecule has 0 aliphatic heterocycles. The molecule has 0 amide bonds. The zero-order chi connectivity index (χ0) is 13.5. The van der Waals surface area contributed by atoms with Crippen LogP contribution < -0.4 is 0 Å². The minimum absolute atomic E-state index is 0.178. The molecule has 0 saturated heterocycles. The van der Waals surface area contributed by atoms with E-state index >= 15 is 0 Å². The van der Waals surface area contributed by atoms with Crippen molar-refractivity contribution in [3.05, 3.63) is 11.6 Å². The second-order valence-electron chi connectivity index (χ2n) is 4.94. The number of allylic oxidation sites excluding steroid dienone is 1. The van der Waals surface area contributed by atoms with E-state index in [0.717, 1.165) is 24.8 Å². The van der Waals surface area contributed by atoms with Gasteiger partial charge in [0.1, 0.15) is 0 Å². The molecule has 0 aromatic carbocycles. The maximum Gasteiger partial charge on any atom is 0.313 e. The first-order valence-corrected chi connectivity index (χ1v) is 6.61. The molecular formula is C14H23NO3. The molecular weight excluding hydrogens is 230 g/mol. The highest BCUT2D eigenvalue weighted by molar-refractivity contribution is 5.98. The van der Waals surface area contributed by atoms with Gasteiger partial charge in [-0.25, -0.2) is 0 Å². The lowest BCUT2D eigenvalue weighted by atomic mass is 9.75. The van der Waals surface area contributed by atoms with Crippen molar-refractivity contribution in [2.75, 3.05) is 7.11 Å². The van der Waals surface area contributed by atoms with Crippen LogP contribution in [0.1, 0.15) is 46.0 Å². The molecule has 0 aromatic rings. The molecule has 0 aromatic heterocycles. The number of hydrogen-bond donors (Lipinski definition) is 1. The summed E-state index contributed by atoms with van der Waals surface area (Å²) in [7, 11) is 1.42. The fraction of sp³-hybridized carbons (Fsp3) is 0.714. The van der Waals surface area contributed by atoms with Gasteiger partial charge in [0.25, 0.3) is 0 Å². The van der Waals surface area contributed by atoms with Crippen molar-refractivity contribution in [1.82, 2.24) is 0 Å². The van der Waals surface area contributed by atoms with Gasteiger partial charge in [-0.05, 0) is 31.8 Å². The molecule has 0 heterocycles. The molecule has 0 radical (unpaired) electrons. The highest BCUT2D eigenvalue weighted by Gasteiger charge is 2.34. The molecule has 4 heteroatoms. The lowest BCUT2D eigenvalue weighted by Gasteiger charge is -2.29. The highest BCUT2D eigenvalue weighted by atomic mass is 16.5. The van der Waals surface area contributed by atoms with Crippen LogP contribution in [-0.4, -0.2) is 24.0 Å². The number of esters is 1. The van der Waals surface area contributed by atoms with Gasteiger partial charge in [-0.1, -0.05) is 36.9 Å². The van der Waals surface area contributed by atoms with Crippen molar-refractivity contribution in [2.45, 2.75) is 46.0 Å². The van der Waals surface area contributed by atoms with Crippen molar-refractivity contribution in [3.63, 3.8) is 0 Å². The van der Waals surface area contributed by atoms with Gasteiger partial charge in [-0.15, -0.1) is 0 Å². The van der Waals surface area contributed by atoms with Gasteiger partial charge in [0.2, 0.25) is 0 Å². The van der Waals surface area contributed by atoms with Crippen LogP contribution >= 0.6 is 0 Å². The number of oxime groups is 1. The summed E-state index contributed by atoms with van der Waals surface area (Å²) in [6.45, 7) is 4.06. The first kappa shape index (κ1) is 14.7. The number of carbonyl (C=O) groups excluding carboxylic acids is 1. The monoisotopic (exact) mass is 253 g/mol. The fourth-order valence-corrected chi connectivity index (χ4v) is 2.67. The minimum Gasteiger partial charge on any atom is -0.469 e. The Hall–Kier alpha value is -1.32. The molecule has 0 unspecified atom stereocenters. The Morgan fingerprint density at radius 1 is 1.56 bits per heavy atom. The molecule has 1 N–H and O–H groups in total. The number of ether oxygens (including phenoxy) is 1. The average molecular weight is 253 g/mol. The van der Waals surface area contributed by atoms with Crippen LogP contribution in [0.25, 0.3) is 0 Å². The van der Waals surface area contributed by atoms with Gasteiger partial charge >= 0.3 is 5.97 Å². The van der Waals surface area contributed by atoms with Gasteiger partial charge in [0, 0.05) is 0 Å². The van der Waals surface area contributed by atoms with Crippen LogP contribution in [0.3, 0.4) is 0 Å². The molecule has 2 atom stereocenters. The van der Waals surface area contributed by atoms with E-state index in [-0.39, 0.29) is 17.8 Å². The first-order chi connectivity index (χ1) is 8.63. The Balaban J connectivity index is 2.82. The third-order valence-corrected chi connectivity index (χ3v) is 3.59. The van der Waals surface area contributed by atoms with Gasteiger partial charge in [0.05, 0.1) is 18.7 Å². The molecule has 1 aliphatic rings. The predicted octanol–water partition coefficient (Wildman–Crippen LogP) is 3.15. The van der Waals surface area contributed by atoms with Crippen LogP contribution in [0.2, 0.25) is 0 Å².